The first kappa shape index (κ1) is 16.2. The van der Waals surface area contributed by atoms with Crippen molar-refractivity contribution in [2.75, 3.05) is 0 Å². The first-order valence-corrected chi connectivity index (χ1v) is 7.63. The molecule has 0 saturated carbocycles. The molecule has 1 atom stereocenters. The molecule has 116 valence electrons. The Morgan fingerprint density at radius 2 is 1.91 bits per heavy atom. The summed E-state index contributed by atoms with van der Waals surface area (Å²) in [5, 5.41) is 0. The molecule has 0 N–H and O–H groups in total. The lowest BCUT2D eigenvalue weighted by Gasteiger charge is -2.19. The van der Waals surface area contributed by atoms with Gasteiger partial charge in [0.1, 0.15) is 6.10 Å². The minimum Gasteiger partial charge on any atom is -0.458 e. The van der Waals surface area contributed by atoms with Gasteiger partial charge in [0.15, 0.2) is 0 Å². The summed E-state index contributed by atoms with van der Waals surface area (Å²) in [6.45, 7) is 8.14. The van der Waals surface area contributed by atoms with E-state index in [0.717, 1.165) is 11.1 Å². The van der Waals surface area contributed by atoms with Crippen LogP contribution in [0.2, 0.25) is 0 Å². The van der Waals surface area contributed by atoms with E-state index < -0.39 is 0 Å². The molecule has 0 aliphatic rings. The maximum atomic E-state index is 12.0. The fourth-order valence-electron chi connectivity index (χ4n) is 2.94. The summed E-state index contributed by atoms with van der Waals surface area (Å²) < 4.78 is 5.60. The first-order valence-electron chi connectivity index (χ1n) is 7.63. The number of aryl methyl sites for hydroxylation is 4. The Bertz CT molecular complexity index is 627. The van der Waals surface area contributed by atoms with Gasteiger partial charge in [0.05, 0.1) is 0 Å². The Labute approximate surface area is 132 Å². The van der Waals surface area contributed by atoms with Crippen LogP contribution in [0.1, 0.15) is 47.3 Å². The molecule has 0 unspecified atom stereocenters. The lowest BCUT2D eigenvalue weighted by atomic mass is 9.96. The topological polar surface area (TPSA) is 39.2 Å². The van der Waals surface area contributed by atoms with Crippen molar-refractivity contribution >= 4 is 5.97 Å². The van der Waals surface area contributed by atoms with Gasteiger partial charge in [-0.05, 0) is 62.4 Å². The molecule has 0 amide bonds. The van der Waals surface area contributed by atoms with E-state index >= 15 is 0 Å². The number of nitrogens with zero attached hydrogens (tertiary/aromatic N) is 1. The van der Waals surface area contributed by atoms with Crippen molar-refractivity contribution in [3.05, 3.63) is 64.5 Å². The van der Waals surface area contributed by atoms with Gasteiger partial charge in [0.2, 0.25) is 0 Å². The Kier molecular flexibility index (Phi) is 5.31. The fraction of sp³-hybridized carbons (Fsp3) is 0.368. The first-order chi connectivity index (χ1) is 10.5. The van der Waals surface area contributed by atoms with Gasteiger partial charge in [-0.25, -0.2) is 0 Å². The van der Waals surface area contributed by atoms with Gasteiger partial charge in [-0.1, -0.05) is 23.8 Å². The molecule has 0 saturated heterocycles. The highest BCUT2D eigenvalue weighted by atomic mass is 16.5. The van der Waals surface area contributed by atoms with Gasteiger partial charge < -0.3 is 4.74 Å². The van der Waals surface area contributed by atoms with E-state index in [9.17, 15) is 4.79 Å². The lowest BCUT2D eigenvalue weighted by molar-refractivity contribution is -0.148. The molecule has 1 aromatic heterocycles. The predicted octanol–water partition coefficient (Wildman–Crippen LogP) is 4.24. The summed E-state index contributed by atoms with van der Waals surface area (Å²) >= 11 is 0. The molecule has 0 bridgehead atoms. The van der Waals surface area contributed by atoms with E-state index in [2.05, 4.69) is 37.9 Å². The Morgan fingerprint density at radius 3 is 2.50 bits per heavy atom. The maximum Gasteiger partial charge on any atom is 0.306 e. The van der Waals surface area contributed by atoms with Crippen LogP contribution in [0.3, 0.4) is 0 Å². The summed E-state index contributed by atoms with van der Waals surface area (Å²) in [5.41, 5.74) is 5.74. The minimum absolute atomic E-state index is 0.171. The molecule has 0 radical (unpaired) electrons. The highest BCUT2D eigenvalue weighted by Gasteiger charge is 2.16. The second kappa shape index (κ2) is 7.21. The number of ether oxygens (including phenoxy) is 1. The molecule has 0 spiro atoms. The maximum absolute atomic E-state index is 12.0. The van der Waals surface area contributed by atoms with Crippen LogP contribution in [0, 0.1) is 20.8 Å². The average Bonchev–Trinajstić information content (AvgIpc) is 2.45. The zero-order valence-corrected chi connectivity index (χ0v) is 13.7. The highest BCUT2D eigenvalue weighted by molar-refractivity contribution is 5.70. The molecule has 2 aromatic rings. The van der Waals surface area contributed by atoms with E-state index in [0.29, 0.717) is 12.8 Å². The second-order valence-electron chi connectivity index (χ2n) is 5.81. The third kappa shape index (κ3) is 4.17. The number of carbonyl (C=O) groups is 1. The zero-order valence-electron chi connectivity index (χ0n) is 13.7. The van der Waals surface area contributed by atoms with E-state index in [1.165, 1.54) is 16.7 Å². The third-order valence-corrected chi connectivity index (χ3v) is 3.79. The molecule has 3 nitrogen and oxygen atoms in total. The Balaban J connectivity index is 1.97. The van der Waals surface area contributed by atoms with Crippen molar-refractivity contribution in [3.8, 4) is 0 Å². The molecule has 3 heteroatoms. The molecule has 2 rings (SSSR count). The van der Waals surface area contributed by atoms with Crippen LogP contribution < -0.4 is 0 Å². The number of aromatic nitrogens is 1. The minimum atomic E-state index is -0.220. The molecular formula is C19H23NO2. The van der Waals surface area contributed by atoms with Crippen LogP contribution >= 0.6 is 0 Å². The van der Waals surface area contributed by atoms with Crippen molar-refractivity contribution < 1.29 is 9.53 Å². The van der Waals surface area contributed by atoms with Gasteiger partial charge in [-0.3, -0.25) is 9.78 Å². The monoisotopic (exact) mass is 297 g/mol. The van der Waals surface area contributed by atoms with Crippen molar-refractivity contribution in [1.29, 1.82) is 0 Å². The van der Waals surface area contributed by atoms with Gasteiger partial charge in [-0.2, -0.15) is 0 Å². The summed E-state index contributed by atoms with van der Waals surface area (Å²) in [4.78, 5) is 16.1. The lowest BCUT2D eigenvalue weighted by Crippen LogP contribution is -2.12. The Hall–Kier alpha value is -2.16. The van der Waals surface area contributed by atoms with Crippen molar-refractivity contribution in [2.45, 2.75) is 46.6 Å². The van der Waals surface area contributed by atoms with Crippen LogP contribution in [0.15, 0.2) is 36.7 Å². The largest absolute Gasteiger partial charge is 0.458 e. The summed E-state index contributed by atoms with van der Waals surface area (Å²) in [6.07, 6.45) is 4.32. The van der Waals surface area contributed by atoms with Crippen LogP contribution in [-0.2, 0) is 16.0 Å². The van der Waals surface area contributed by atoms with E-state index in [1.54, 1.807) is 12.4 Å². The number of carbonyl (C=O) groups excluding carboxylic acids is 1. The highest BCUT2D eigenvalue weighted by Crippen LogP contribution is 2.26. The second-order valence-corrected chi connectivity index (χ2v) is 5.81. The standard InChI is InChI=1S/C19H23NO2/c1-13-10-14(2)19(15(3)11-13)16(4)22-18(21)8-7-17-6-5-9-20-12-17/h5-6,9-12,16H,7-8H2,1-4H3/t16-/m0/s1. The summed E-state index contributed by atoms with van der Waals surface area (Å²) in [6, 6.07) is 8.10. The number of hydrogen-bond donors (Lipinski definition) is 0. The number of pyridine rings is 1. The molecule has 0 aliphatic heterocycles. The molecule has 0 fully saturated rings. The summed E-state index contributed by atoms with van der Waals surface area (Å²) in [5.74, 6) is -0.171. The molecule has 22 heavy (non-hydrogen) atoms. The zero-order chi connectivity index (χ0) is 16.1. The number of rotatable bonds is 5. The fourth-order valence-corrected chi connectivity index (χ4v) is 2.94. The van der Waals surface area contributed by atoms with Crippen molar-refractivity contribution in [3.63, 3.8) is 0 Å². The Morgan fingerprint density at radius 1 is 1.23 bits per heavy atom. The van der Waals surface area contributed by atoms with E-state index in [-0.39, 0.29) is 12.1 Å². The van der Waals surface area contributed by atoms with E-state index in [1.807, 2.05) is 19.1 Å². The number of benzene rings is 1. The van der Waals surface area contributed by atoms with Crippen molar-refractivity contribution in [2.24, 2.45) is 0 Å². The summed E-state index contributed by atoms with van der Waals surface area (Å²) in [7, 11) is 0. The smallest absolute Gasteiger partial charge is 0.306 e. The van der Waals surface area contributed by atoms with Crippen LogP contribution in [0.25, 0.3) is 0 Å². The number of hydrogen-bond acceptors (Lipinski definition) is 3. The quantitative estimate of drug-likeness (QED) is 0.775. The van der Waals surface area contributed by atoms with Crippen LogP contribution in [0.4, 0.5) is 0 Å². The van der Waals surface area contributed by atoms with Gasteiger partial charge in [-0.15, -0.1) is 0 Å². The number of esters is 1. The van der Waals surface area contributed by atoms with Gasteiger partial charge in [0, 0.05) is 18.8 Å². The molecule has 1 aromatic carbocycles. The van der Waals surface area contributed by atoms with Gasteiger partial charge >= 0.3 is 5.97 Å². The third-order valence-electron chi connectivity index (χ3n) is 3.79. The van der Waals surface area contributed by atoms with Gasteiger partial charge in [0.25, 0.3) is 0 Å². The molecule has 1 heterocycles. The SMILES string of the molecule is Cc1cc(C)c([C@H](C)OC(=O)CCc2cccnc2)c(C)c1. The van der Waals surface area contributed by atoms with Crippen LogP contribution in [-0.4, -0.2) is 11.0 Å². The normalized spacial score (nSPS) is 12.0. The predicted molar refractivity (Wildman–Crippen MR) is 87.7 cm³/mol. The molecular weight excluding hydrogens is 274 g/mol. The average molecular weight is 297 g/mol. The van der Waals surface area contributed by atoms with Crippen molar-refractivity contribution in [1.82, 2.24) is 4.98 Å². The van der Waals surface area contributed by atoms with E-state index in [4.69, 9.17) is 4.74 Å². The molecule has 0 aliphatic carbocycles. The van der Waals surface area contributed by atoms with Crippen LogP contribution in [0.5, 0.6) is 0 Å².